The molecular formula is C17H21Cl2N3O3. The smallest absolute Gasteiger partial charge is 0.257 e. The molecule has 25 heavy (non-hydrogen) atoms. The Labute approximate surface area is 156 Å². The van der Waals surface area contributed by atoms with Crippen molar-refractivity contribution >= 4 is 35.0 Å². The van der Waals surface area contributed by atoms with Gasteiger partial charge in [-0.25, -0.2) is 0 Å². The van der Waals surface area contributed by atoms with E-state index in [1.165, 1.54) is 0 Å². The Balaban J connectivity index is 1.58. The molecule has 0 unspecified atom stereocenters. The number of piperazine rings is 1. The van der Waals surface area contributed by atoms with Crippen molar-refractivity contribution in [3.63, 3.8) is 0 Å². The van der Waals surface area contributed by atoms with Crippen LogP contribution in [0.2, 0.25) is 10.0 Å². The second kappa shape index (κ2) is 7.91. The number of hydrogen-bond donors (Lipinski definition) is 1. The summed E-state index contributed by atoms with van der Waals surface area (Å²) in [7, 11) is 0. The van der Waals surface area contributed by atoms with Gasteiger partial charge < -0.3 is 20.3 Å². The molecule has 0 radical (unpaired) electrons. The molecule has 2 amide bonds. The molecule has 2 aliphatic rings. The summed E-state index contributed by atoms with van der Waals surface area (Å²) in [6.45, 7) is 2.27. The maximum Gasteiger partial charge on any atom is 0.257 e. The molecule has 2 N–H and O–H groups in total. The fourth-order valence-electron chi connectivity index (χ4n) is 3.25. The van der Waals surface area contributed by atoms with Gasteiger partial charge in [-0.15, -0.1) is 0 Å². The minimum absolute atomic E-state index is 0.0150. The van der Waals surface area contributed by atoms with Gasteiger partial charge in [-0.1, -0.05) is 29.3 Å². The first-order valence-corrected chi connectivity index (χ1v) is 9.14. The average Bonchev–Trinajstić information content (AvgIpc) is 3.10. The molecule has 136 valence electrons. The molecule has 0 aliphatic carbocycles. The van der Waals surface area contributed by atoms with Gasteiger partial charge >= 0.3 is 0 Å². The van der Waals surface area contributed by atoms with Crippen LogP contribution in [0.3, 0.4) is 0 Å². The van der Waals surface area contributed by atoms with E-state index in [-0.39, 0.29) is 17.9 Å². The number of benzene rings is 1. The van der Waals surface area contributed by atoms with E-state index in [1.807, 2.05) is 0 Å². The van der Waals surface area contributed by atoms with E-state index >= 15 is 0 Å². The van der Waals surface area contributed by atoms with Gasteiger partial charge in [0.15, 0.2) is 0 Å². The molecule has 0 aromatic heterocycles. The number of carbonyl (C=O) groups is 2. The molecule has 6 nitrogen and oxygen atoms in total. The fourth-order valence-corrected chi connectivity index (χ4v) is 3.81. The van der Waals surface area contributed by atoms with E-state index in [4.69, 9.17) is 33.7 Å². The molecule has 8 heteroatoms. The largest absolute Gasteiger partial charge is 0.364 e. The highest BCUT2D eigenvalue weighted by atomic mass is 35.5. The molecule has 3 rings (SSSR count). The summed E-state index contributed by atoms with van der Waals surface area (Å²) >= 11 is 12.2. The van der Waals surface area contributed by atoms with Crippen LogP contribution in [0.15, 0.2) is 18.2 Å². The third kappa shape index (κ3) is 3.92. The van der Waals surface area contributed by atoms with Gasteiger partial charge in [-0.3, -0.25) is 9.59 Å². The Morgan fingerprint density at radius 1 is 1.08 bits per heavy atom. The number of carbonyl (C=O) groups excluding carboxylic acids is 2. The summed E-state index contributed by atoms with van der Waals surface area (Å²) in [6.07, 6.45) is 1.08. The number of rotatable bonds is 3. The second-order valence-electron chi connectivity index (χ2n) is 6.27. The Hall–Kier alpha value is -1.34. The van der Waals surface area contributed by atoms with E-state index < -0.39 is 6.10 Å². The van der Waals surface area contributed by atoms with Crippen LogP contribution in [0, 0.1) is 0 Å². The zero-order valence-electron chi connectivity index (χ0n) is 13.8. The topological polar surface area (TPSA) is 75.9 Å². The van der Waals surface area contributed by atoms with Gasteiger partial charge in [0.1, 0.15) is 6.10 Å². The Kier molecular flexibility index (Phi) is 5.84. The molecule has 2 heterocycles. The summed E-state index contributed by atoms with van der Waals surface area (Å²) in [5.41, 5.74) is 5.91. The average molecular weight is 386 g/mol. The Bertz CT molecular complexity index is 642. The van der Waals surface area contributed by atoms with E-state index in [0.29, 0.717) is 54.8 Å². The Morgan fingerprint density at radius 2 is 1.68 bits per heavy atom. The minimum Gasteiger partial charge on any atom is -0.364 e. The summed E-state index contributed by atoms with van der Waals surface area (Å²) in [5.74, 6) is -0.221. The number of nitrogens with zero attached hydrogens (tertiary/aromatic N) is 2. The predicted molar refractivity (Wildman–Crippen MR) is 95.9 cm³/mol. The maximum absolute atomic E-state index is 12.7. The molecule has 2 atom stereocenters. The highest BCUT2D eigenvalue weighted by Gasteiger charge is 2.35. The minimum atomic E-state index is -0.409. The lowest BCUT2D eigenvalue weighted by Gasteiger charge is -2.36. The highest BCUT2D eigenvalue weighted by molar-refractivity contribution is 6.39. The molecule has 0 bridgehead atoms. The fraction of sp³-hybridized carbons (Fsp3) is 0.529. The van der Waals surface area contributed by atoms with Gasteiger partial charge in [-0.2, -0.15) is 0 Å². The van der Waals surface area contributed by atoms with Crippen molar-refractivity contribution in [2.75, 3.05) is 32.7 Å². The van der Waals surface area contributed by atoms with Crippen molar-refractivity contribution in [1.82, 2.24) is 9.80 Å². The van der Waals surface area contributed by atoms with Crippen molar-refractivity contribution in [3.05, 3.63) is 33.8 Å². The van der Waals surface area contributed by atoms with Crippen molar-refractivity contribution in [2.45, 2.75) is 25.0 Å². The number of hydrogen-bond acceptors (Lipinski definition) is 4. The van der Waals surface area contributed by atoms with Gasteiger partial charge in [0.05, 0.1) is 21.7 Å². The van der Waals surface area contributed by atoms with Gasteiger partial charge in [0.25, 0.3) is 11.8 Å². The summed E-state index contributed by atoms with van der Waals surface area (Å²) in [4.78, 5) is 28.6. The van der Waals surface area contributed by atoms with Crippen LogP contribution >= 0.6 is 23.2 Å². The summed E-state index contributed by atoms with van der Waals surface area (Å²) in [5, 5.41) is 0.673. The van der Waals surface area contributed by atoms with Crippen molar-refractivity contribution in [2.24, 2.45) is 5.73 Å². The van der Waals surface area contributed by atoms with Crippen LogP contribution in [0.5, 0.6) is 0 Å². The number of ether oxygens (including phenoxy) is 1. The number of amides is 2. The van der Waals surface area contributed by atoms with E-state index in [9.17, 15) is 9.59 Å². The van der Waals surface area contributed by atoms with Crippen LogP contribution < -0.4 is 5.73 Å². The maximum atomic E-state index is 12.7. The van der Waals surface area contributed by atoms with Crippen LogP contribution in [0.4, 0.5) is 0 Å². The Morgan fingerprint density at radius 3 is 2.24 bits per heavy atom. The van der Waals surface area contributed by atoms with E-state index in [2.05, 4.69) is 0 Å². The van der Waals surface area contributed by atoms with Crippen LogP contribution in [0.25, 0.3) is 0 Å². The van der Waals surface area contributed by atoms with Crippen LogP contribution in [0.1, 0.15) is 23.2 Å². The molecule has 2 fully saturated rings. The highest BCUT2D eigenvalue weighted by Crippen LogP contribution is 2.26. The van der Waals surface area contributed by atoms with Gasteiger partial charge in [0, 0.05) is 32.7 Å². The van der Waals surface area contributed by atoms with Crippen molar-refractivity contribution < 1.29 is 14.3 Å². The number of halogens is 2. The van der Waals surface area contributed by atoms with Crippen molar-refractivity contribution in [3.8, 4) is 0 Å². The normalized spacial score (nSPS) is 23.8. The monoisotopic (exact) mass is 385 g/mol. The lowest BCUT2D eigenvalue weighted by atomic mass is 10.1. The second-order valence-corrected chi connectivity index (χ2v) is 7.09. The lowest BCUT2D eigenvalue weighted by Crippen LogP contribution is -2.53. The molecule has 0 spiro atoms. The van der Waals surface area contributed by atoms with E-state index in [0.717, 1.165) is 6.42 Å². The zero-order valence-corrected chi connectivity index (χ0v) is 15.3. The van der Waals surface area contributed by atoms with Crippen LogP contribution in [-0.2, 0) is 9.53 Å². The third-order valence-electron chi connectivity index (χ3n) is 4.70. The van der Waals surface area contributed by atoms with Gasteiger partial charge in [0.2, 0.25) is 0 Å². The lowest BCUT2D eigenvalue weighted by molar-refractivity contribution is -0.144. The molecular weight excluding hydrogens is 365 g/mol. The van der Waals surface area contributed by atoms with Gasteiger partial charge in [-0.05, 0) is 25.0 Å². The molecule has 2 saturated heterocycles. The molecule has 1 aromatic rings. The van der Waals surface area contributed by atoms with Crippen molar-refractivity contribution in [1.29, 1.82) is 0 Å². The summed E-state index contributed by atoms with van der Waals surface area (Å²) in [6, 6.07) is 4.99. The first-order valence-electron chi connectivity index (χ1n) is 8.39. The standard InChI is InChI=1S/C17H21Cl2N3O3/c18-12-2-1-3-13(19)15(12)17(24)22-8-6-21(7-9-22)16(23)14-5-4-11(10-20)25-14/h1-3,11,14H,4-10,20H2/t11-,14+/m1/s1. The number of nitrogens with two attached hydrogens (primary N) is 1. The molecule has 1 aromatic carbocycles. The third-order valence-corrected chi connectivity index (χ3v) is 5.33. The van der Waals surface area contributed by atoms with Crippen LogP contribution in [-0.4, -0.2) is 66.5 Å². The quantitative estimate of drug-likeness (QED) is 0.860. The first-order chi connectivity index (χ1) is 12.0. The first kappa shape index (κ1) is 18.5. The predicted octanol–water partition coefficient (Wildman–Crippen LogP) is 1.78. The summed E-state index contributed by atoms with van der Waals surface area (Å²) < 4.78 is 5.67. The van der Waals surface area contributed by atoms with E-state index in [1.54, 1.807) is 28.0 Å². The SMILES string of the molecule is NC[C@H]1CC[C@@H](C(=O)N2CCN(C(=O)c3c(Cl)cccc3Cl)CC2)O1. The zero-order chi connectivity index (χ0) is 18.0. The molecule has 2 aliphatic heterocycles. The molecule has 0 saturated carbocycles.